The fraction of sp³-hybridized carbons (Fsp3) is 0.278. The Morgan fingerprint density at radius 3 is 2.04 bits per heavy atom. The fourth-order valence-corrected chi connectivity index (χ4v) is 2.19. The number of hydrogen-bond acceptors (Lipinski definition) is 5. The molecule has 2 aromatic carbocycles. The Labute approximate surface area is 135 Å². The molecule has 2 aromatic rings. The highest BCUT2D eigenvalue weighted by Crippen LogP contribution is 2.38. The lowest BCUT2D eigenvalue weighted by atomic mass is 10.1. The van der Waals surface area contributed by atoms with E-state index in [0.717, 1.165) is 5.56 Å². The van der Waals surface area contributed by atoms with Gasteiger partial charge in [-0.15, -0.1) is 0 Å². The first-order valence-electron chi connectivity index (χ1n) is 7.20. The van der Waals surface area contributed by atoms with Crippen molar-refractivity contribution in [2.75, 3.05) is 27.9 Å². The first-order valence-corrected chi connectivity index (χ1v) is 7.20. The number of ether oxygens (including phenoxy) is 4. The molecule has 0 aliphatic rings. The average molecular weight is 316 g/mol. The van der Waals surface area contributed by atoms with Gasteiger partial charge in [-0.05, 0) is 17.7 Å². The van der Waals surface area contributed by atoms with Gasteiger partial charge in [-0.3, -0.25) is 0 Å². The molecule has 0 atom stereocenters. The van der Waals surface area contributed by atoms with Crippen LogP contribution >= 0.6 is 0 Å². The number of methoxy groups -OCH3 is 3. The number of carbonyl (C=O) groups is 1. The second kappa shape index (κ2) is 8.08. The Bertz CT molecular complexity index is 627. The van der Waals surface area contributed by atoms with Gasteiger partial charge in [0.05, 0.1) is 33.5 Å². The maximum atomic E-state index is 12.2. The van der Waals surface area contributed by atoms with Gasteiger partial charge in [0.25, 0.3) is 0 Å². The first-order chi connectivity index (χ1) is 11.2. The Balaban J connectivity index is 2.07. The molecule has 0 aliphatic heterocycles. The van der Waals surface area contributed by atoms with Crippen LogP contribution in [0.4, 0.5) is 0 Å². The van der Waals surface area contributed by atoms with E-state index in [1.54, 1.807) is 12.1 Å². The van der Waals surface area contributed by atoms with Crippen molar-refractivity contribution in [2.45, 2.75) is 6.42 Å². The van der Waals surface area contributed by atoms with Crippen molar-refractivity contribution in [1.82, 2.24) is 0 Å². The zero-order valence-electron chi connectivity index (χ0n) is 13.5. The number of benzene rings is 2. The minimum atomic E-state index is -0.430. The number of esters is 1. The smallest absolute Gasteiger partial charge is 0.338 e. The standard InChI is InChI=1S/C18H20O5/c1-20-15-11-14(12-16(21-2)17(15)22-3)18(19)23-10-9-13-7-5-4-6-8-13/h4-8,11-12H,9-10H2,1-3H3. The summed E-state index contributed by atoms with van der Waals surface area (Å²) >= 11 is 0. The predicted octanol–water partition coefficient (Wildman–Crippen LogP) is 3.11. The SMILES string of the molecule is COc1cc(C(=O)OCCc2ccccc2)cc(OC)c1OC. The summed E-state index contributed by atoms with van der Waals surface area (Å²) in [6.45, 7) is 0.305. The molecule has 0 aliphatic carbocycles. The number of hydrogen-bond donors (Lipinski definition) is 0. The molecule has 0 heterocycles. The lowest BCUT2D eigenvalue weighted by Crippen LogP contribution is -2.09. The van der Waals surface area contributed by atoms with Crippen LogP contribution in [0.1, 0.15) is 15.9 Å². The highest BCUT2D eigenvalue weighted by Gasteiger charge is 2.17. The molecule has 0 aromatic heterocycles. The molecule has 2 rings (SSSR count). The summed E-state index contributed by atoms with van der Waals surface area (Å²) in [6, 6.07) is 13.0. The van der Waals surface area contributed by atoms with Crippen molar-refractivity contribution in [2.24, 2.45) is 0 Å². The Morgan fingerprint density at radius 2 is 1.52 bits per heavy atom. The van der Waals surface area contributed by atoms with E-state index in [4.69, 9.17) is 18.9 Å². The van der Waals surface area contributed by atoms with E-state index in [1.807, 2.05) is 30.3 Å². The zero-order chi connectivity index (χ0) is 16.7. The van der Waals surface area contributed by atoms with Gasteiger partial charge in [0, 0.05) is 6.42 Å². The topological polar surface area (TPSA) is 54.0 Å². The monoisotopic (exact) mass is 316 g/mol. The summed E-state index contributed by atoms with van der Waals surface area (Å²) in [5.74, 6) is 0.847. The van der Waals surface area contributed by atoms with E-state index in [1.165, 1.54) is 21.3 Å². The minimum Gasteiger partial charge on any atom is -0.493 e. The predicted molar refractivity (Wildman–Crippen MR) is 86.5 cm³/mol. The maximum Gasteiger partial charge on any atom is 0.338 e. The summed E-state index contributed by atoms with van der Waals surface area (Å²) in [5.41, 5.74) is 1.47. The average Bonchev–Trinajstić information content (AvgIpc) is 2.61. The van der Waals surface area contributed by atoms with Gasteiger partial charge < -0.3 is 18.9 Å². The van der Waals surface area contributed by atoms with Crippen LogP contribution < -0.4 is 14.2 Å². The molecule has 0 unspecified atom stereocenters. The van der Waals surface area contributed by atoms with Gasteiger partial charge in [-0.2, -0.15) is 0 Å². The minimum absolute atomic E-state index is 0.305. The van der Waals surface area contributed by atoms with Crippen molar-refractivity contribution in [3.63, 3.8) is 0 Å². The van der Waals surface area contributed by atoms with Crippen LogP contribution in [0.5, 0.6) is 17.2 Å². The van der Waals surface area contributed by atoms with E-state index in [2.05, 4.69) is 0 Å². The quantitative estimate of drug-likeness (QED) is 0.735. The Kier molecular flexibility index (Phi) is 5.86. The van der Waals surface area contributed by atoms with Gasteiger partial charge in [-0.25, -0.2) is 4.79 Å². The largest absolute Gasteiger partial charge is 0.493 e. The van der Waals surface area contributed by atoms with E-state index < -0.39 is 5.97 Å². The van der Waals surface area contributed by atoms with Crippen LogP contribution in [0, 0.1) is 0 Å². The van der Waals surface area contributed by atoms with E-state index >= 15 is 0 Å². The van der Waals surface area contributed by atoms with Crippen LogP contribution in [0.15, 0.2) is 42.5 Å². The molecule has 5 heteroatoms. The molecule has 122 valence electrons. The van der Waals surface area contributed by atoms with Crippen molar-refractivity contribution in [1.29, 1.82) is 0 Å². The van der Waals surface area contributed by atoms with E-state index in [-0.39, 0.29) is 0 Å². The van der Waals surface area contributed by atoms with Gasteiger partial charge in [0.2, 0.25) is 5.75 Å². The molecule has 23 heavy (non-hydrogen) atoms. The van der Waals surface area contributed by atoms with Gasteiger partial charge in [-0.1, -0.05) is 30.3 Å². The zero-order valence-corrected chi connectivity index (χ0v) is 13.5. The second-order valence-corrected chi connectivity index (χ2v) is 4.79. The van der Waals surface area contributed by atoms with Crippen LogP contribution in [0.3, 0.4) is 0 Å². The molecule has 0 saturated carbocycles. The third kappa shape index (κ3) is 4.16. The van der Waals surface area contributed by atoms with E-state index in [0.29, 0.717) is 35.8 Å². The van der Waals surface area contributed by atoms with Crippen molar-refractivity contribution < 1.29 is 23.7 Å². The highest BCUT2D eigenvalue weighted by atomic mass is 16.5. The summed E-state index contributed by atoms with van der Waals surface area (Å²) in [4.78, 5) is 12.2. The normalized spacial score (nSPS) is 10.0. The third-order valence-electron chi connectivity index (χ3n) is 3.37. The lowest BCUT2D eigenvalue weighted by molar-refractivity contribution is 0.0508. The maximum absolute atomic E-state index is 12.2. The van der Waals surface area contributed by atoms with E-state index in [9.17, 15) is 4.79 Å². The summed E-state index contributed by atoms with van der Waals surface area (Å²) < 4.78 is 21.0. The molecule has 0 amide bonds. The molecule has 0 bridgehead atoms. The highest BCUT2D eigenvalue weighted by molar-refractivity contribution is 5.91. The molecule has 0 radical (unpaired) electrons. The van der Waals surface area contributed by atoms with Gasteiger partial charge in [0.1, 0.15) is 0 Å². The van der Waals surface area contributed by atoms with Crippen molar-refractivity contribution >= 4 is 5.97 Å². The molecule has 0 saturated heterocycles. The molecule has 0 N–H and O–H groups in total. The number of carbonyl (C=O) groups excluding carboxylic acids is 1. The van der Waals surface area contributed by atoms with Crippen LogP contribution in [-0.2, 0) is 11.2 Å². The van der Waals surface area contributed by atoms with Crippen molar-refractivity contribution in [3.8, 4) is 17.2 Å². The van der Waals surface area contributed by atoms with Gasteiger partial charge in [0.15, 0.2) is 11.5 Å². The summed E-state index contributed by atoms with van der Waals surface area (Å²) in [7, 11) is 4.52. The first kappa shape index (κ1) is 16.7. The van der Waals surface area contributed by atoms with Crippen LogP contribution in [0.25, 0.3) is 0 Å². The summed E-state index contributed by atoms with van der Waals surface area (Å²) in [6.07, 6.45) is 0.664. The third-order valence-corrected chi connectivity index (χ3v) is 3.37. The molecular formula is C18H20O5. The molecule has 0 fully saturated rings. The number of rotatable bonds is 7. The van der Waals surface area contributed by atoms with Crippen molar-refractivity contribution in [3.05, 3.63) is 53.6 Å². The molecular weight excluding hydrogens is 296 g/mol. The second-order valence-electron chi connectivity index (χ2n) is 4.79. The van der Waals surface area contributed by atoms with Crippen LogP contribution in [0.2, 0.25) is 0 Å². The van der Waals surface area contributed by atoms with Crippen LogP contribution in [-0.4, -0.2) is 33.9 Å². The lowest BCUT2D eigenvalue weighted by Gasteiger charge is -2.13. The fourth-order valence-electron chi connectivity index (χ4n) is 2.19. The van der Waals surface area contributed by atoms with Gasteiger partial charge >= 0.3 is 5.97 Å². The molecule has 5 nitrogen and oxygen atoms in total. The Morgan fingerprint density at radius 1 is 0.913 bits per heavy atom. The summed E-state index contributed by atoms with van der Waals surface area (Å²) in [5, 5.41) is 0. The molecule has 0 spiro atoms. The Hall–Kier alpha value is -2.69.